The second-order valence-corrected chi connectivity index (χ2v) is 10.0. The third-order valence-corrected chi connectivity index (χ3v) is 7.46. The average molecular weight is 493 g/mol. The Hall–Kier alpha value is -2.04. The topological polar surface area (TPSA) is 9.23 Å². The highest BCUT2D eigenvalue weighted by molar-refractivity contribution is 5.66. The van der Waals surface area contributed by atoms with Gasteiger partial charge in [0.1, 0.15) is 0 Å². The van der Waals surface area contributed by atoms with Gasteiger partial charge in [0.2, 0.25) is 5.82 Å². The van der Waals surface area contributed by atoms with Gasteiger partial charge in [0.25, 0.3) is 0 Å². The van der Waals surface area contributed by atoms with E-state index in [1.165, 1.54) is 50.3 Å². The first-order valence-electron chi connectivity index (χ1n) is 13.6. The van der Waals surface area contributed by atoms with Crippen molar-refractivity contribution in [2.75, 3.05) is 6.61 Å². The van der Waals surface area contributed by atoms with E-state index in [0.717, 1.165) is 51.4 Å². The predicted molar refractivity (Wildman–Crippen MR) is 135 cm³/mol. The fourth-order valence-corrected chi connectivity index (χ4v) is 5.27. The minimum absolute atomic E-state index is 0.0319. The maximum atomic E-state index is 15.1. The Kier molecular flexibility index (Phi) is 10.9. The van der Waals surface area contributed by atoms with Crippen molar-refractivity contribution in [1.82, 2.24) is 0 Å². The van der Waals surface area contributed by atoms with E-state index < -0.39 is 23.3 Å². The number of halogens is 4. The highest BCUT2D eigenvalue weighted by Crippen LogP contribution is 2.41. The molecule has 2 aromatic carbocycles. The van der Waals surface area contributed by atoms with E-state index in [1.54, 1.807) is 6.07 Å². The van der Waals surface area contributed by atoms with Gasteiger partial charge in [0, 0.05) is 11.1 Å². The summed E-state index contributed by atoms with van der Waals surface area (Å²) in [5, 5.41) is 0. The molecular formula is C30H40F4O. The van der Waals surface area contributed by atoms with Gasteiger partial charge in [-0.2, -0.15) is 4.39 Å². The second-order valence-electron chi connectivity index (χ2n) is 10.0. The summed E-state index contributed by atoms with van der Waals surface area (Å²) in [4.78, 5) is 0. The molecule has 3 rings (SSSR count). The summed E-state index contributed by atoms with van der Waals surface area (Å²) >= 11 is 0. The first-order chi connectivity index (χ1) is 17.0. The van der Waals surface area contributed by atoms with E-state index in [-0.39, 0.29) is 29.4 Å². The van der Waals surface area contributed by atoms with Crippen LogP contribution in [0.5, 0.6) is 5.75 Å². The highest BCUT2D eigenvalue weighted by atomic mass is 19.2. The summed E-state index contributed by atoms with van der Waals surface area (Å²) in [5.41, 5.74) is -0.204. The SMILES string of the molecule is CCCCCCOc1ccc(-c2ccc(C3CCC(CCCCCC)CC3)c(F)c2F)c(F)c1F. The van der Waals surface area contributed by atoms with Crippen LogP contribution in [0.2, 0.25) is 0 Å². The zero-order valence-corrected chi connectivity index (χ0v) is 21.3. The summed E-state index contributed by atoms with van der Waals surface area (Å²) in [7, 11) is 0. The van der Waals surface area contributed by atoms with E-state index in [0.29, 0.717) is 11.5 Å². The van der Waals surface area contributed by atoms with Gasteiger partial charge in [-0.05, 0) is 61.6 Å². The molecule has 194 valence electrons. The van der Waals surface area contributed by atoms with Crippen LogP contribution in [0.25, 0.3) is 11.1 Å². The van der Waals surface area contributed by atoms with Gasteiger partial charge in [0.15, 0.2) is 23.2 Å². The lowest BCUT2D eigenvalue weighted by atomic mass is 9.76. The van der Waals surface area contributed by atoms with Gasteiger partial charge >= 0.3 is 0 Å². The molecule has 0 spiro atoms. The molecule has 0 atom stereocenters. The number of ether oxygens (including phenoxy) is 1. The summed E-state index contributed by atoms with van der Waals surface area (Å²) in [6, 6.07) is 5.49. The molecule has 1 aliphatic rings. The van der Waals surface area contributed by atoms with E-state index in [1.807, 2.05) is 0 Å². The molecule has 0 amide bonds. The van der Waals surface area contributed by atoms with Crippen molar-refractivity contribution in [3.63, 3.8) is 0 Å². The third-order valence-electron chi connectivity index (χ3n) is 7.46. The molecule has 1 saturated carbocycles. The molecule has 1 aliphatic carbocycles. The molecule has 0 saturated heterocycles. The second kappa shape index (κ2) is 13.9. The van der Waals surface area contributed by atoms with Gasteiger partial charge in [-0.1, -0.05) is 77.3 Å². The smallest absolute Gasteiger partial charge is 0.201 e. The average Bonchev–Trinajstić information content (AvgIpc) is 2.87. The lowest BCUT2D eigenvalue weighted by Crippen LogP contribution is -2.15. The van der Waals surface area contributed by atoms with E-state index in [9.17, 15) is 8.78 Å². The maximum Gasteiger partial charge on any atom is 0.201 e. The zero-order valence-electron chi connectivity index (χ0n) is 21.3. The van der Waals surface area contributed by atoms with E-state index >= 15 is 8.78 Å². The Balaban J connectivity index is 1.66. The van der Waals surface area contributed by atoms with E-state index in [2.05, 4.69) is 13.8 Å². The van der Waals surface area contributed by atoms with Crippen molar-refractivity contribution in [2.24, 2.45) is 5.92 Å². The first-order valence-corrected chi connectivity index (χ1v) is 13.6. The summed E-state index contributed by atoms with van der Waals surface area (Å²) in [5.74, 6) is -4.01. The molecule has 0 N–H and O–H groups in total. The summed E-state index contributed by atoms with van der Waals surface area (Å²) in [6.07, 6.45) is 13.8. The van der Waals surface area contributed by atoms with Crippen LogP contribution in [0, 0.1) is 29.2 Å². The molecular weight excluding hydrogens is 452 g/mol. The van der Waals surface area contributed by atoms with Crippen LogP contribution in [0.4, 0.5) is 17.6 Å². The molecule has 2 aromatic rings. The molecule has 0 heterocycles. The summed E-state index contributed by atoms with van der Waals surface area (Å²) in [6.45, 7) is 4.58. The fourth-order valence-electron chi connectivity index (χ4n) is 5.27. The van der Waals surface area contributed by atoms with E-state index in [4.69, 9.17) is 4.74 Å². The van der Waals surface area contributed by atoms with Gasteiger partial charge in [-0.25, -0.2) is 13.2 Å². The lowest BCUT2D eigenvalue weighted by molar-refractivity contribution is 0.285. The van der Waals surface area contributed by atoms with Crippen LogP contribution in [0.3, 0.4) is 0 Å². The van der Waals surface area contributed by atoms with Crippen molar-refractivity contribution in [3.8, 4) is 16.9 Å². The zero-order chi connectivity index (χ0) is 25.2. The van der Waals surface area contributed by atoms with Gasteiger partial charge in [-0.15, -0.1) is 0 Å². The van der Waals surface area contributed by atoms with Gasteiger partial charge in [0.05, 0.1) is 6.61 Å². The summed E-state index contributed by atoms with van der Waals surface area (Å²) < 4.78 is 64.9. The lowest BCUT2D eigenvalue weighted by Gasteiger charge is -2.29. The molecule has 5 heteroatoms. The maximum absolute atomic E-state index is 15.1. The van der Waals surface area contributed by atoms with Crippen LogP contribution in [0.15, 0.2) is 24.3 Å². The van der Waals surface area contributed by atoms with Gasteiger partial charge in [-0.3, -0.25) is 0 Å². The Labute approximate surface area is 208 Å². The molecule has 0 radical (unpaired) electrons. The molecule has 35 heavy (non-hydrogen) atoms. The monoisotopic (exact) mass is 492 g/mol. The normalized spacial score (nSPS) is 18.1. The molecule has 1 fully saturated rings. The third kappa shape index (κ3) is 7.24. The quantitative estimate of drug-likeness (QED) is 0.200. The van der Waals surface area contributed by atoms with Crippen molar-refractivity contribution >= 4 is 0 Å². The van der Waals surface area contributed by atoms with Crippen molar-refractivity contribution in [1.29, 1.82) is 0 Å². The molecule has 0 aliphatic heterocycles. The minimum atomic E-state index is -1.22. The Morgan fingerprint density at radius 1 is 0.657 bits per heavy atom. The standard InChI is InChI=1S/C30H40F4O/c1-3-5-7-9-11-21-12-14-22(15-13-21)23-16-17-24(28(32)27(23)31)25-18-19-26(30(34)29(25)33)35-20-10-8-6-4-2/h16-19,21-22H,3-15,20H2,1-2H3. The highest BCUT2D eigenvalue weighted by Gasteiger charge is 2.27. The van der Waals surface area contributed by atoms with Crippen LogP contribution < -0.4 is 4.74 Å². The van der Waals surface area contributed by atoms with Gasteiger partial charge < -0.3 is 4.74 Å². The van der Waals surface area contributed by atoms with Crippen molar-refractivity contribution < 1.29 is 22.3 Å². The molecule has 0 aromatic heterocycles. The predicted octanol–water partition coefficient (Wildman–Crippen LogP) is 10.1. The number of unbranched alkanes of at least 4 members (excludes halogenated alkanes) is 6. The first kappa shape index (κ1) is 27.5. The number of hydrogen-bond acceptors (Lipinski definition) is 1. The van der Waals surface area contributed by atoms with Crippen LogP contribution >= 0.6 is 0 Å². The van der Waals surface area contributed by atoms with Crippen LogP contribution in [-0.2, 0) is 0 Å². The number of hydrogen-bond donors (Lipinski definition) is 0. The molecule has 0 unspecified atom stereocenters. The van der Waals surface area contributed by atoms with Crippen LogP contribution in [0.1, 0.15) is 109 Å². The largest absolute Gasteiger partial charge is 0.490 e. The van der Waals surface area contributed by atoms with Crippen molar-refractivity contribution in [3.05, 3.63) is 53.1 Å². The number of benzene rings is 2. The molecule has 1 nitrogen and oxygen atoms in total. The number of rotatable bonds is 13. The fraction of sp³-hybridized carbons (Fsp3) is 0.600. The Morgan fingerprint density at radius 2 is 1.26 bits per heavy atom. The van der Waals surface area contributed by atoms with Crippen molar-refractivity contribution in [2.45, 2.75) is 103 Å². The minimum Gasteiger partial charge on any atom is -0.490 e. The van der Waals surface area contributed by atoms with Crippen LogP contribution in [-0.4, -0.2) is 6.61 Å². The Bertz CT molecular complexity index is 934. The molecule has 0 bridgehead atoms. The Morgan fingerprint density at radius 3 is 1.91 bits per heavy atom.